The summed E-state index contributed by atoms with van der Waals surface area (Å²) in [4.78, 5) is 24.4. The number of fused-ring (bicyclic) bond motifs is 2. The predicted octanol–water partition coefficient (Wildman–Crippen LogP) is 8.20. The lowest BCUT2D eigenvalue weighted by Gasteiger charge is -2.29. The van der Waals surface area contributed by atoms with Gasteiger partial charge in [-0.05, 0) is 80.7 Å². The number of carboxylic acid groups (broad SMARTS) is 1. The third-order valence-electron chi connectivity index (χ3n) is 8.54. The standard InChI is InChI=1S/C30H27Cl2F3N2O5/c31-23-2-1-3-24(32)25(23)26-21(27(42-37-26)15-4-5-15)13-41-18-9-14-8-16(11-18)20(10-14)28(38)36-17-6-7-19(29(39)40)22(12-17)30(33,34)35/h1-3,6-7,12,14-16,18,20H,4-5,8-11,13H2,(H,36,38)(H,39,40). The number of aromatic carboxylic acids is 1. The van der Waals surface area contributed by atoms with Gasteiger partial charge in [0.05, 0.1) is 33.9 Å². The first-order valence-corrected chi connectivity index (χ1v) is 14.5. The normalized spacial score (nSPS) is 23.6. The number of carboxylic acids is 1. The molecule has 3 aliphatic rings. The Balaban J connectivity index is 1.14. The number of carbonyl (C=O) groups excluding carboxylic acids is 1. The van der Waals surface area contributed by atoms with Crippen LogP contribution in [0.4, 0.5) is 18.9 Å². The Hall–Kier alpha value is -3.08. The SMILES string of the molecule is O=C(O)c1ccc(NC(=O)C2CC3CC(OCc4c(-c5c(Cl)cccc5Cl)noc4C4CC4)CC2C3)cc1C(F)(F)F. The van der Waals surface area contributed by atoms with Crippen LogP contribution in [0.1, 0.15) is 71.7 Å². The third-order valence-corrected chi connectivity index (χ3v) is 9.17. The molecule has 4 atom stereocenters. The number of benzene rings is 2. The molecule has 0 saturated heterocycles. The largest absolute Gasteiger partial charge is 0.478 e. The maximum absolute atomic E-state index is 13.4. The van der Waals surface area contributed by atoms with Crippen LogP contribution in [0.25, 0.3) is 11.3 Å². The van der Waals surface area contributed by atoms with Crippen LogP contribution in [0.2, 0.25) is 10.0 Å². The number of ether oxygens (including phenoxy) is 1. The number of nitrogens with one attached hydrogen (secondary N) is 1. The molecule has 3 aliphatic carbocycles. The van der Waals surface area contributed by atoms with Gasteiger partial charge in [0, 0.05) is 28.7 Å². The maximum Gasteiger partial charge on any atom is 0.417 e. The van der Waals surface area contributed by atoms with E-state index >= 15 is 0 Å². The molecule has 1 amide bonds. The van der Waals surface area contributed by atoms with E-state index in [2.05, 4.69) is 10.5 Å². The van der Waals surface area contributed by atoms with Crippen molar-refractivity contribution in [2.45, 2.75) is 63.3 Å². The Labute approximate surface area is 249 Å². The lowest BCUT2D eigenvalue weighted by Crippen LogP contribution is -2.29. The van der Waals surface area contributed by atoms with Crippen molar-refractivity contribution < 1.29 is 37.1 Å². The molecule has 42 heavy (non-hydrogen) atoms. The second-order valence-corrected chi connectivity index (χ2v) is 12.2. The summed E-state index contributed by atoms with van der Waals surface area (Å²) < 4.78 is 52.5. The number of alkyl halides is 3. The van der Waals surface area contributed by atoms with Gasteiger partial charge < -0.3 is 19.7 Å². The van der Waals surface area contributed by atoms with E-state index in [0.717, 1.165) is 43.1 Å². The van der Waals surface area contributed by atoms with Crippen LogP contribution >= 0.6 is 23.2 Å². The molecule has 3 fully saturated rings. The average molecular weight is 623 g/mol. The van der Waals surface area contributed by atoms with Crippen LogP contribution in [0.3, 0.4) is 0 Å². The van der Waals surface area contributed by atoms with Crippen molar-refractivity contribution in [2.24, 2.45) is 17.8 Å². The lowest BCUT2D eigenvalue weighted by atomic mass is 9.85. The zero-order valence-corrected chi connectivity index (χ0v) is 23.7. The molecule has 7 nitrogen and oxygen atoms in total. The van der Waals surface area contributed by atoms with Gasteiger partial charge in [-0.15, -0.1) is 0 Å². The van der Waals surface area contributed by atoms with Crippen molar-refractivity contribution >= 4 is 40.8 Å². The molecule has 1 aromatic heterocycles. The minimum atomic E-state index is -4.87. The van der Waals surface area contributed by atoms with Crippen molar-refractivity contribution in [1.29, 1.82) is 0 Å². The number of carbonyl (C=O) groups is 2. The van der Waals surface area contributed by atoms with Gasteiger partial charge in [-0.3, -0.25) is 4.79 Å². The van der Waals surface area contributed by atoms with Crippen LogP contribution in [-0.2, 0) is 22.3 Å². The van der Waals surface area contributed by atoms with E-state index in [1.807, 2.05) is 0 Å². The summed E-state index contributed by atoms with van der Waals surface area (Å²) in [6.07, 6.45) is -0.136. The highest BCUT2D eigenvalue weighted by Gasteiger charge is 2.45. The van der Waals surface area contributed by atoms with E-state index in [9.17, 15) is 22.8 Å². The number of halogens is 5. The lowest BCUT2D eigenvalue weighted by molar-refractivity contribution is -0.138. The zero-order chi connectivity index (χ0) is 29.8. The van der Waals surface area contributed by atoms with Gasteiger partial charge >= 0.3 is 12.1 Å². The summed E-state index contributed by atoms with van der Waals surface area (Å²) in [5, 5.41) is 16.9. The quantitative estimate of drug-likeness (QED) is 0.262. The first-order valence-electron chi connectivity index (χ1n) is 13.8. The van der Waals surface area contributed by atoms with Gasteiger partial charge in [0.1, 0.15) is 11.5 Å². The molecule has 3 aromatic rings. The van der Waals surface area contributed by atoms with Gasteiger partial charge in [0.25, 0.3) is 0 Å². The van der Waals surface area contributed by atoms with Crippen molar-refractivity contribution in [1.82, 2.24) is 5.16 Å². The first-order chi connectivity index (χ1) is 20.0. The maximum atomic E-state index is 13.4. The molecule has 3 saturated carbocycles. The van der Waals surface area contributed by atoms with Crippen molar-refractivity contribution in [3.8, 4) is 11.3 Å². The predicted molar refractivity (Wildman–Crippen MR) is 148 cm³/mol. The Morgan fingerprint density at radius 2 is 1.81 bits per heavy atom. The molecule has 6 rings (SSSR count). The summed E-state index contributed by atoms with van der Waals surface area (Å²) in [5.41, 5.74) is -0.267. The van der Waals surface area contributed by atoms with Gasteiger partial charge in [-0.25, -0.2) is 4.79 Å². The molecule has 4 unspecified atom stereocenters. The number of hydrogen-bond acceptors (Lipinski definition) is 5. The van der Waals surface area contributed by atoms with E-state index in [1.54, 1.807) is 18.2 Å². The number of nitrogens with zero attached hydrogens (tertiary/aromatic N) is 1. The highest BCUT2D eigenvalue weighted by molar-refractivity contribution is 6.39. The molecule has 0 radical (unpaired) electrons. The Morgan fingerprint density at radius 3 is 2.48 bits per heavy atom. The summed E-state index contributed by atoms with van der Waals surface area (Å²) in [7, 11) is 0. The van der Waals surface area contributed by atoms with Gasteiger partial charge in [-0.1, -0.05) is 34.4 Å². The van der Waals surface area contributed by atoms with Gasteiger partial charge in [0.2, 0.25) is 5.91 Å². The molecule has 2 aromatic carbocycles. The van der Waals surface area contributed by atoms with E-state index in [1.165, 1.54) is 6.07 Å². The fourth-order valence-corrected chi connectivity index (χ4v) is 7.06. The third kappa shape index (κ3) is 5.76. The second-order valence-electron chi connectivity index (χ2n) is 11.4. The monoisotopic (exact) mass is 622 g/mol. The van der Waals surface area contributed by atoms with Crippen LogP contribution in [0.15, 0.2) is 40.9 Å². The summed E-state index contributed by atoms with van der Waals surface area (Å²) >= 11 is 12.9. The fraction of sp³-hybridized carbons (Fsp3) is 0.433. The van der Waals surface area contributed by atoms with Crippen molar-refractivity contribution in [2.75, 3.05) is 5.32 Å². The number of amides is 1. The fourth-order valence-electron chi connectivity index (χ4n) is 6.48. The number of aromatic nitrogens is 1. The molecule has 2 N–H and O–H groups in total. The number of anilines is 1. The minimum absolute atomic E-state index is 0.0111. The van der Waals surface area contributed by atoms with Crippen molar-refractivity contribution in [3.63, 3.8) is 0 Å². The van der Waals surface area contributed by atoms with E-state index in [0.29, 0.717) is 40.2 Å². The topological polar surface area (TPSA) is 102 Å². The molecular weight excluding hydrogens is 596 g/mol. The highest BCUT2D eigenvalue weighted by Crippen LogP contribution is 2.49. The van der Waals surface area contributed by atoms with Gasteiger partial charge in [-0.2, -0.15) is 13.2 Å². The average Bonchev–Trinajstić information content (AvgIpc) is 3.62. The highest BCUT2D eigenvalue weighted by atomic mass is 35.5. The number of hydrogen-bond donors (Lipinski definition) is 2. The van der Waals surface area contributed by atoms with E-state index in [-0.39, 0.29) is 48.0 Å². The summed E-state index contributed by atoms with van der Waals surface area (Å²) in [6.45, 7) is 0.253. The Morgan fingerprint density at radius 1 is 1.07 bits per heavy atom. The molecule has 222 valence electrons. The van der Waals surface area contributed by atoms with Gasteiger partial charge in [0.15, 0.2) is 0 Å². The number of rotatable bonds is 8. The Bertz CT molecular complexity index is 1520. The zero-order valence-electron chi connectivity index (χ0n) is 22.2. The molecular formula is C30H27Cl2F3N2O5. The molecule has 2 bridgehead atoms. The molecule has 0 spiro atoms. The molecule has 12 heteroatoms. The van der Waals surface area contributed by atoms with Crippen molar-refractivity contribution in [3.05, 3.63) is 68.9 Å². The second kappa shape index (κ2) is 11.2. The summed E-state index contributed by atoms with van der Waals surface area (Å²) in [5.74, 6) is -1.12. The minimum Gasteiger partial charge on any atom is -0.478 e. The Kier molecular flexibility index (Phi) is 7.74. The first kappa shape index (κ1) is 29.0. The molecule has 1 heterocycles. The van der Waals surface area contributed by atoms with Crippen LogP contribution in [0.5, 0.6) is 0 Å². The summed E-state index contributed by atoms with van der Waals surface area (Å²) in [6, 6.07) is 7.97. The van der Waals surface area contributed by atoms with Crippen LogP contribution in [-0.4, -0.2) is 28.2 Å². The molecule has 0 aliphatic heterocycles. The van der Waals surface area contributed by atoms with Crippen LogP contribution < -0.4 is 5.32 Å². The van der Waals surface area contributed by atoms with Crippen LogP contribution in [0, 0.1) is 17.8 Å². The smallest absolute Gasteiger partial charge is 0.417 e. The van der Waals surface area contributed by atoms with E-state index < -0.39 is 23.3 Å². The van der Waals surface area contributed by atoms with E-state index in [4.69, 9.17) is 37.6 Å².